The smallest absolute Gasteiger partial charge is 0.292 e. The van der Waals surface area contributed by atoms with Crippen molar-refractivity contribution in [2.45, 2.75) is 82.4 Å². The summed E-state index contributed by atoms with van der Waals surface area (Å²) in [6.07, 6.45) is 9.80. The number of hydrogen-bond acceptors (Lipinski definition) is 5. The van der Waals surface area contributed by atoms with Gasteiger partial charge in [-0.15, -0.1) is 0 Å². The van der Waals surface area contributed by atoms with Gasteiger partial charge in [0.15, 0.2) is 0 Å². The molecule has 0 spiro atoms. The summed E-state index contributed by atoms with van der Waals surface area (Å²) in [6.45, 7) is 5.06. The molecule has 0 bridgehead atoms. The van der Waals surface area contributed by atoms with Crippen molar-refractivity contribution in [1.82, 2.24) is 4.90 Å². The van der Waals surface area contributed by atoms with Gasteiger partial charge in [-0.05, 0) is 75.8 Å². The van der Waals surface area contributed by atoms with E-state index in [-0.39, 0.29) is 10.6 Å². The number of likely N-dealkylation sites (tertiary alicyclic amines) is 1. The standard InChI is InChI=1S/C22H33N3O3/c1-2-28-20-8-6-19(7-9-20)24-13-11-18(12-14-24)23-21-15-17(16-3-4-16)5-10-22(21)25(26)27/h5,10,15-16,18-20,23H,2-4,6-9,11-14H2,1H3/t19-,20-. The fourth-order valence-electron chi connectivity index (χ4n) is 4.94. The third kappa shape index (κ3) is 4.66. The maximum atomic E-state index is 11.4. The van der Waals surface area contributed by atoms with Crippen molar-refractivity contribution in [3.63, 3.8) is 0 Å². The van der Waals surface area contributed by atoms with Crippen LogP contribution in [-0.4, -0.2) is 47.7 Å². The second-order valence-corrected chi connectivity index (χ2v) is 8.65. The number of piperidine rings is 1. The molecule has 0 aromatic heterocycles. The first kappa shape index (κ1) is 19.6. The largest absolute Gasteiger partial charge is 0.379 e. The SMILES string of the molecule is CCO[C@H]1CC[C@H](N2CCC(Nc3cc(C4CC4)ccc3[N+](=O)[O-])CC2)CC1. The van der Waals surface area contributed by atoms with Crippen molar-refractivity contribution in [3.05, 3.63) is 33.9 Å². The molecule has 3 aliphatic rings. The van der Waals surface area contributed by atoms with Gasteiger partial charge >= 0.3 is 0 Å². The van der Waals surface area contributed by atoms with Crippen molar-refractivity contribution in [3.8, 4) is 0 Å². The first-order valence-corrected chi connectivity index (χ1v) is 11.0. The third-order valence-corrected chi connectivity index (χ3v) is 6.72. The molecule has 28 heavy (non-hydrogen) atoms. The van der Waals surface area contributed by atoms with Crippen molar-refractivity contribution in [2.75, 3.05) is 25.0 Å². The zero-order valence-corrected chi connectivity index (χ0v) is 16.9. The molecule has 2 aliphatic carbocycles. The molecule has 0 amide bonds. The summed E-state index contributed by atoms with van der Waals surface area (Å²) < 4.78 is 5.78. The Labute approximate surface area is 167 Å². The van der Waals surface area contributed by atoms with E-state index in [1.54, 1.807) is 6.07 Å². The third-order valence-electron chi connectivity index (χ3n) is 6.72. The Bertz CT molecular complexity index is 676. The summed E-state index contributed by atoms with van der Waals surface area (Å²) in [5, 5.41) is 15.0. The fraction of sp³-hybridized carbons (Fsp3) is 0.727. The van der Waals surface area contributed by atoms with Crippen LogP contribution in [0.1, 0.15) is 69.8 Å². The zero-order valence-electron chi connectivity index (χ0n) is 16.9. The highest BCUT2D eigenvalue weighted by atomic mass is 16.6. The molecule has 1 heterocycles. The van der Waals surface area contributed by atoms with E-state index >= 15 is 0 Å². The molecule has 0 radical (unpaired) electrons. The predicted octanol–water partition coefficient (Wildman–Crippen LogP) is 4.70. The Kier molecular flexibility index (Phi) is 6.16. The molecular weight excluding hydrogens is 354 g/mol. The average molecular weight is 388 g/mol. The van der Waals surface area contributed by atoms with Gasteiger partial charge in [-0.2, -0.15) is 0 Å². The van der Waals surface area contributed by atoms with Crippen molar-refractivity contribution >= 4 is 11.4 Å². The van der Waals surface area contributed by atoms with E-state index in [1.165, 1.54) is 44.1 Å². The number of rotatable bonds is 7. The van der Waals surface area contributed by atoms with Crippen LogP contribution in [0.15, 0.2) is 18.2 Å². The molecule has 6 nitrogen and oxygen atoms in total. The van der Waals surface area contributed by atoms with Gasteiger partial charge in [0.25, 0.3) is 5.69 Å². The Balaban J connectivity index is 1.31. The van der Waals surface area contributed by atoms with Crippen LogP contribution in [0, 0.1) is 10.1 Å². The highest BCUT2D eigenvalue weighted by molar-refractivity contribution is 5.64. The molecule has 2 saturated carbocycles. The lowest BCUT2D eigenvalue weighted by atomic mass is 9.90. The van der Waals surface area contributed by atoms with E-state index in [1.807, 2.05) is 12.1 Å². The molecule has 154 valence electrons. The number of nitrogens with one attached hydrogen (secondary N) is 1. The number of nitro groups is 1. The summed E-state index contributed by atoms with van der Waals surface area (Å²) in [6, 6.07) is 6.65. The molecule has 0 unspecified atom stereocenters. The molecule has 4 rings (SSSR count). The Morgan fingerprint density at radius 2 is 1.82 bits per heavy atom. The lowest BCUT2D eigenvalue weighted by molar-refractivity contribution is -0.384. The van der Waals surface area contributed by atoms with Gasteiger partial charge in [0, 0.05) is 37.8 Å². The minimum atomic E-state index is -0.259. The lowest BCUT2D eigenvalue weighted by Crippen LogP contribution is -2.46. The van der Waals surface area contributed by atoms with Crippen LogP contribution < -0.4 is 5.32 Å². The van der Waals surface area contributed by atoms with E-state index in [2.05, 4.69) is 17.1 Å². The maximum absolute atomic E-state index is 11.4. The maximum Gasteiger partial charge on any atom is 0.292 e. The van der Waals surface area contributed by atoms with Crippen molar-refractivity contribution < 1.29 is 9.66 Å². The van der Waals surface area contributed by atoms with Gasteiger partial charge in [-0.1, -0.05) is 6.07 Å². The monoisotopic (exact) mass is 387 g/mol. The summed E-state index contributed by atoms with van der Waals surface area (Å²) in [7, 11) is 0. The van der Waals surface area contributed by atoms with Crippen molar-refractivity contribution in [2.24, 2.45) is 0 Å². The van der Waals surface area contributed by atoms with Crippen LogP contribution in [0.2, 0.25) is 0 Å². The molecule has 6 heteroatoms. The minimum Gasteiger partial charge on any atom is -0.379 e. The highest BCUT2D eigenvalue weighted by Gasteiger charge is 2.30. The van der Waals surface area contributed by atoms with Gasteiger partial charge < -0.3 is 15.0 Å². The molecule has 1 aromatic rings. The number of ether oxygens (including phenoxy) is 1. The quantitative estimate of drug-likeness (QED) is 0.543. The number of nitro benzene ring substituents is 1. The predicted molar refractivity (Wildman–Crippen MR) is 111 cm³/mol. The second-order valence-electron chi connectivity index (χ2n) is 8.65. The molecule has 1 aliphatic heterocycles. The number of nitrogens with zero attached hydrogens (tertiary/aromatic N) is 2. The van der Waals surface area contributed by atoms with Crippen LogP contribution in [-0.2, 0) is 4.74 Å². The van der Waals surface area contributed by atoms with Crippen LogP contribution in [0.25, 0.3) is 0 Å². The molecular formula is C22H33N3O3. The van der Waals surface area contributed by atoms with Crippen LogP contribution in [0.5, 0.6) is 0 Å². The lowest BCUT2D eigenvalue weighted by Gasteiger charge is -2.41. The summed E-state index contributed by atoms with van der Waals surface area (Å²) in [4.78, 5) is 13.8. The number of anilines is 1. The van der Waals surface area contributed by atoms with E-state index in [9.17, 15) is 10.1 Å². The fourth-order valence-corrected chi connectivity index (χ4v) is 4.94. The van der Waals surface area contributed by atoms with E-state index < -0.39 is 0 Å². The highest BCUT2D eigenvalue weighted by Crippen LogP contribution is 2.42. The van der Waals surface area contributed by atoms with E-state index in [0.29, 0.717) is 29.8 Å². The molecule has 0 atom stereocenters. The van der Waals surface area contributed by atoms with Crippen LogP contribution >= 0.6 is 0 Å². The van der Waals surface area contributed by atoms with Gasteiger partial charge in [-0.3, -0.25) is 10.1 Å². The zero-order chi connectivity index (χ0) is 19.5. The number of hydrogen-bond donors (Lipinski definition) is 1. The Morgan fingerprint density at radius 3 is 2.43 bits per heavy atom. The first-order chi connectivity index (χ1) is 13.6. The van der Waals surface area contributed by atoms with Gasteiger partial charge in [0.1, 0.15) is 5.69 Å². The Hall–Kier alpha value is -1.66. The molecule has 3 fully saturated rings. The minimum absolute atomic E-state index is 0.209. The van der Waals surface area contributed by atoms with Crippen LogP contribution in [0.4, 0.5) is 11.4 Å². The van der Waals surface area contributed by atoms with Crippen molar-refractivity contribution in [1.29, 1.82) is 0 Å². The molecule has 1 N–H and O–H groups in total. The molecule has 1 aromatic carbocycles. The number of benzene rings is 1. The topological polar surface area (TPSA) is 67.6 Å². The summed E-state index contributed by atoms with van der Waals surface area (Å²) >= 11 is 0. The van der Waals surface area contributed by atoms with Gasteiger partial charge in [-0.25, -0.2) is 0 Å². The first-order valence-electron chi connectivity index (χ1n) is 11.0. The summed E-state index contributed by atoms with van der Waals surface area (Å²) in [5.74, 6) is 0.606. The van der Waals surface area contributed by atoms with Gasteiger partial charge in [0.2, 0.25) is 0 Å². The second kappa shape index (κ2) is 8.78. The van der Waals surface area contributed by atoms with Crippen LogP contribution in [0.3, 0.4) is 0 Å². The Morgan fingerprint density at radius 1 is 1.11 bits per heavy atom. The van der Waals surface area contributed by atoms with E-state index in [0.717, 1.165) is 32.5 Å². The normalized spacial score (nSPS) is 26.9. The summed E-state index contributed by atoms with van der Waals surface area (Å²) in [5.41, 5.74) is 2.17. The van der Waals surface area contributed by atoms with E-state index in [4.69, 9.17) is 4.74 Å². The van der Waals surface area contributed by atoms with Gasteiger partial charge in [0.05, 0.1) is 11.0 Å². The average Bonchev–Trinajstić information content (AvgIpc) is 3.55. The molecule has 1 saturated heterocycles.